The predicted molar refractivity (Wildman–Crippen MR) is 48.6 cm³/mol. The summed E-state index contributed by atoms with van der Waals surface area (Å²) in [5, 5.41) is 11.7. The third-order valence-electron chi connectivity index (χ3n) is 1.82. The minimum atomic E-state index is 0.238. The van der Waals surface area contributed by atoms with Gasteiger partial charge in [0.1, 0.15) is 0 Å². The number of aliphatic hydroxyl groups is 1. The molecule has 2 heteroatoms. The van der Waals surface area contributed by atoms with Crippen molar-refractivity contribution in [2.75, 3.05) is 19.7 Å². The van der Waals surface area contributed by atoms with E-state index < -0.39 is 0 Å². The van der Waals surface area contributed by atoms with Crippen LogP contribution in [0.25, 0.3) is 0 Å². The number of rotatable bonds is 6. The average Bonchev–Trinajstić information content (AvgIpc) is 1.87. The molecule has 0 radical (unpaired) electrons. The molecule has 0 aliphatic carbocycles. The number of nitrogens with one attached hydrogen (secondary N) is 1. The first-order chi connectivity index (χ1) is 5.12. The van der Waals surface area contributed by atoms with E-state index in [0.29, 0.717) is 12.0 Å². The Balaban J connectivity index is 3.38. The van der Waals surface area contributed by atoms with E-state index in [0.717, 1.165) is 6.54 Å². The Kier molecular flexibility index (Phi) is 5.51. The van der Waals surface area contributed by atoms with Gasteiger partial charge in [-0.15, -0.1) is 0 Å². The molecular formula is C9H21NO. The summed E-state index contributed by atoms with van der Waals surface area (Å²) < 4.78 is 0. The fourth-order valence-corrected chi connectivity index (χ4v) is 1.27. The first-order valence-electron chi connectivity index (χ1n) is 4.44. The summed E-state index contributed by atoms with van der Waals surface area (Å²) in [7, 11) is 0. The van der Waals surface area contributed by atoms with Gasteiger partial charge in [-0.05, 0) is 11.8 Å². The molecule has 2 N–H and O–H groups in total. The fraction of sp³-hybridized carbons (Fsp3) is 1.00. The molecule has 0 unspecified atom stereocenters. The van der Waals surface area contributed by atoms with E-state index in [1.54, 1.807) is 0 Å². The average molecular weight is 159 g/mol. The van der Waals surface area contributed by atoms with E-state index in [2.05, 4.69) is 26.1 Å². The second-order valence-electron chi connectivity index (χ2n) is 3.81. The molecule has 0 aliphatic heterocycles. The fourth-order valence-electron chi connectivity index (χ4n) is 1.27. The lowest BCUT2D eigenvalue weighted by Gasteiger charge is -2.24. The molecule has 0 heterocycles. The first-order valence-corrected chi connectivity index (χ1v) is 4.44. The normalized spacial score (nSPS) is 12.0. The molecule has 0 atom stereocenters. The molecule has 0 rings (SSSR count). The molecule has 0 amide bonds. The number of hydrogen-bond acceptors (Lipinski definition) is 2. The van der Waals surface area contributed by atoms with Gasteiger partial charge in [-0.3, -0.25) is 0 Å². The highest BCUT2D eigenvalue weighted by molar-refractivity contribution is 4.70. The minimum absolute atomic E-state index is 0.238. The van der Waals surface area contributed by atoms with Crippen LogP contribution in [0.2, 0.25) is 0 Å². The third-order valence-corrected chi connectivity index (χ3v) is 1.82. The largest absolute Gasteiger partial charge is 0.395 e. The van der Waals surface area contributed by atoms with Crippen molar-refractivity contribution in [2.45, 2.75) is 33.6 Å². The van der Waals surface area contributed by atoms with Gasteiger partial charge in [-0.2, -0.15) is 0 Å². The van der Waals surface area contributed by atoms with Crippen molar-refractivity contribution >= 4 is 0 Å². The van der Waals surface area contributed by atoms with E-state index in [1.165, 1.54) is 12.8 Å². The SMILES string of the molecule is CCCC(C)(C)CNCCO. The third kappa shape index (κ3) is 6.32. The van der Waals surface area contributed by atoms with Crippen LogP contribution in [0.15, 0.2) is 0 Å². The van der Waals surface area contributed by atoms with Crippen LogP contribution in [0.3, 0.4) is 0 Å². The molecule has 0 fully saturated rings. The van der Waals surface area contributed by atoms with Crippen molar-refractivity contribution in [1.29, 1.82) is 0 Å². The second kappa shape index (κ2) is 5.56. The summed E-state index contributed by atoms with van der Waals surface area (Å²) in [6, 6.07) is 0. The summed E-state index contributed by atoms with van der Waals surface area (Å²) in [5.41, 5.74) is 0.379. The minimum Gasteiger partial charge on any atom is -0.395 e. The van der Waals surface area contributed by atoms with E-state index in [-0.39, 0.29) is 6.61 Å². The lowest BCUT2D eigenvalue weighted by molar-refractivity contribution is 0.264. The molecule has 0 saturated heterocycles. The van der Waals surface area contributed by atoms with E-state index in [4.69, 9.17) is 5.11 Å². The Hall–Kier alpha value is -0.0800. The van der Waals surface area contributed by atoms with Crippen molar-refractivity contribution in [3.8, 4) is 0 Å². The van der Waals surface area contributed by atoms with Gasteiger partial charge < -0.3 is 10.4 Å². The topological polar surface area (TPSA) is 32.3 Å². The Labute approximate surface area is 70.0 Å². The van der Waals surface area contributed by atoms with Crippen molar-refractivity contribution in [3.05, 3.63) is 0 Å². The van der Waals surface area contributed by atoms with Crippen LogP contribution in [0, 0.1) is 5.41 Å². The summed E-state index contributed by atoms with van der Waals surface area (Å²) in [5.74, 6) is 0. The van der Waals surface area contributed by atoms with Crippen LogP contribution in [0.5, 0.6) is 0 Å². The number of hydrogen-bond donors (Lipinski definition) is 2. The molecule has 11 heavy (non-hydrogen) atoms. The summed E-state index contributed by atoms with van der Waals surface area (Å²) in [6.07, 6.45) is 2.47. The summed E-state index contributed by atoms with van der Waals surface area (Å²) >= 11 is 0. The maximum Gasteiger partial charge on any atom is 0.0555 e. The van der Waals surface area contributed by atoms with Gasteiger partial charge in [0.05, 0.1) is 6.61 Å². The Morgan fingerprint density at radius 2 is 2.00 bits per heavy atom. The zero-order valence-electron chi connectivity index (χ0n) is 7.98. The highest BCUT2D eigenvalue weighted by Crippen LogP contribution is 2.20. The lowest BCUT2D eigenvalue weighted by atomic mass is 9.88. The molecule has 0 aromatic rings. The van der Waals surface area contributed by atoms with E-state index in [1.807, 2.05) is 0 Å². The monoisotopic (exact) mass is 159 g/mol. The van der Waals surface area contributed by atoms with Crippen LogP contribution in [0.4, 0.5) is 0 Å². The van der Waals surface area contributed by atoms with Crippen molar-refractivity contribution in [2.24, 2.45) is 5.41 Å². The molecule has 0 saturated carbocycles. The summed E-state index contributed by atoms with van der Waals surface area (Å²) in [4.78, 5) is 0. The molecule has 0 aromatic heterocycles. The quantitative estimate of drug-likeness (QED) is 0.574. The van der Waals surface area contributed by atoms with Crippen molar-refractivity contribution in [3.63, 3.8) is 0 Å². The zero-order chi connectivity index (χ0) is 8.74. The second-order valence-corrected chi connectivity index (χ2v) is 3.81. The van der Waals surface area contributed by atoms with Gasteiger partial charge in [-0.1, -0.05) is 27.2 Å². The van der Waals surface area contributed by atoms with Gasteiger partial charge in [0.15, 0.2) is 0 Å². The molecule has 0 aromatic carbocycles. The Bertz CT molecular complexity index is 91.6. The molecular weight excluding hydrogens is 138 g/mol. The van der Waals surface area contributed by atoms with Crippen molar-refractivity contribution < 1.29 is 5.11 Å². The van der Waals surface area contributed by atoms with Gasteiger partial charge in [0.2, 0.25) is 0 Å². The number of aliphatic hydroxyl groups excluding tert-OH is 1. The van der Waals surface area contributed by atoms with Crippen LogP contribution in [0.1, 0.15) is 33.6 Å². The standard InChI is InChI=1S/C9H21NO/c1-4-5-9(2,3)8-10-6-7-11/h10-11H,4-8H2,1-3H3. The van der Waals surface area contributed by atoms with E-state index >= 15 is 0 Å². The molecule has 0 spiro atoms. The maximum absolute atomic E-state index is 8.53. The van der Waals surface area contributed by atoms with Gasteiger partial charge in [0, 0.05) is 13.1 Å². The Morgan fingerprint density at radius 3 is 2.45 bits per heavy atom. The van der Waals surface area contributed by atoms with Gasteiger partial charge >= 0.3 is 0 Å². The first kappa shape index (κ1) is 10.9. The lowest BCUT2D eigenvalue weighted by Crippen LogP contribution is -2.31. The van der Waals surface area contributed by atoms with Gasteiger partial charge in [0.25, 0.3) is 0 Å². The van der Waals surface area contributed by atoms with Crippen LogP contribution in [-0.4, -0.2) is 24.8 Å². The smallest absolute Gasteiger partial charge is 0.0555 e. The molecule has 0 bridgehead atoms. The van der Waals surface area contributed by atoms with Crippen LogP contribution in [-0.2, 0) is 0 Å². The zero-order valence-corrected chi connectivity index (χ0v) is 7.98. The van der Waals surface area contributed by atoms with Crippen molar-refractivity contribution in [1.82, 2.24) is 5.32 Å². The van der Waals surface area contributed by atoms with E-state index in [9.17, 15) is 0 Å². The van der Waals surface area contributed by atoms with Crippen LogP contribution >= 0.6 is 0 Å². The molecule has 2 nitrogen and oxygen atoms in total. The summed E-state index contributed by atoms with van der Waals surface area (Å²) in [6.45, 7) is 8.66. The predicted octanol–water partition coefficient (Wildman–Crippen LogP) is 1.39. The van der Waals surface area contributed by atoms with Gasteiger partial charge in [-0.25, -0.2) is 0 Å². The Morgan fingerprint density at radius 1 is 1.36 bits per heavy atom. The maximum atomic E-state index is 8.53. The highest BCUT2D eigenvalue weighted by Gasteiger charge is 2.14. The van der Waals surface area contributed by atoms with Crippen LogP contribution < -0.4 is 5.32 Å². The molecule has 68 valence electrons. The molecule has 0 aliphatic rings. The highest BCUT2D eigenvalue weighted by atomic mass is 16.3.